The Morgan fingerprint density at radius 1 is 0.815 bits per heavy atom. The quantitative estimate of drug-likeness (QED) is 0.540. The molecule has 3 nitrogen and oxygen atoms in total. The Kier molecular flexibility index (Phi) is 3.98. The van der Waals surface area contributed by atoms with Gasteiger partial charge in [-0.3, -0.25) is 0 Å². The van der Waals surface area contributed by atoms with E-state index < -0.39 is 0 Å². The third-order valence-corrected chi connectivity index (χ3v) is 5.32. The van der Waals surface area contributed by atoms with Gasteiger partial charge in [0.15, 0.2) is 0 Å². The summed E-state index contributed by atoms with van der Waals surface area (Å²) < 4.78 is 0. The Morgan fingerprint density at radius 3 is 2.26 bits per heavy atom. The molecule has 0 amide bonds. The van der Waals surface area contributed by atoms with Gasteiger partial charge in [-0.25, -0.2) is 4.98 Å². The van der Waals surface area contributed by atoms with Gasteiger partial charge < -0.3 is 9.88 Å². The number of benzene rings is 3. The summed E-state index contributed by atoms with van der Waals surface area (Å²) in [7, 11) is 0. The summed E-state index contributed by atoms with van der Waals surface area (Å²) >= 11 is 0. The monoisotopic (exact) mass is 351 g/mol. The van der Waals surface area contributed by atoms with E-state index in [9.17, 15) is 0 Å². The van der Waals surface area contributed by atoms with Crippen molar-refractivity contribution < 1.29 is 0 Å². The second-order valence-corrected chi connectivity index (χ2v) is 7.04. The van der Waals surface area contributed by atoms with E-state index in [1.807, 2.05) is 6.20 Å². The van der Waals surface area contributed by atoms with E-state index in [1.165, 1.54) is 33.5 Å². The van der Waals surface area contributed by atoms with Crippen LogP contribution in [0.3, 0.4) is 0 Å². The van der Waals surface area contributed by atoms with Crippen molar-refractivity contribution in [3.8, 4) is 22.3 Å². The minimum atomic E-state index is 0.878. The van der Waals surface area contributed by atoms with Gasteiger partial charge in [-0.15, -0.1) is 0 Å². The molecule has 4 aromatic rings. The van der Waals surface area contributed by atoms with Crippen LogP contribution in [0.25, 0.3) is 22.3 Å². The molecule has 1 aliphatic heterocycles. The van der Waals surface area contributed by atoms with E-state index >= 15 is 0 Å². The summed E-state index contributed by atoms with van der Waals surface area (Å²) in [6, 6.07) is 26.2. The third-order valence-electron chi connectivity index (χ3n) is 5.32. The summed E-state index contributed by atoms with van der Waals surface area (Å²) in [5.74, 6) is 0. The molecule has 132 valence electrons. The minimum absolute atomic E-state index is 0.878. The van der Waals surface area contributed by atoms with Gasteiger partial charge in [0, 0.05) is 18.4 Å². The Morgan fingerprint density at radius 2 is 1.52 bits per heavy atom. The number of aromatic nitrogens is 2. The van der Waals surface area contributed by atoms with Gasteiger partial charge in [0.25, 0.3) is 0 Å². The third kappa shape index (κ3) is 3.13. The lowest BCUT2D eigenvalue weighted by molar-refractivity contribution is 0.819. The summed E-state index contributed by atoms with van der Waals surface area (Å²) in [5.41, 5.74) is 8.95. The first kappa shape index (κ1) is 15.9. The van der Waals surface area contributed by atoms with Gasteiger partial charge in [0.1, 0.15) is 0 Å². The van der Waals surface area contributed by atoms with E-state index in [-0.39, 0.29) is 0 Å². The van der Waals surface area contributed by atoms with Crippen molar-refractivity contribution >= 4 is 5.69 Å². The number of imidazole rings is 1. The Bertz CT molecular complexity index is 1030. The fourth-order valence-electron chi connectivity index (χ4n) is 3.85. The lowest BCUT2D eigenvalue weighted by Gasteiger charge is -2.19. The zero-order chi connectivity index (χ0) is 18.1. The van der Waals surface area contributed by atoms with E-state index in [4.69, 9.17) is 0 Å². The number of rotatable bonds is 4. The predicted molar refractivity (Wildman–Crippen MR) is 111 cm³/mol. The predicted octanol–water partition coefficient (Wildman–Crippen LogP) is 5.31. The first-order chi connectivity index (χ1) is 13.4. The van der Waals surface area contributed by atoms with Crippen LogP contribution in [0.4, 0.5) is 5.69 Å². The maximum absolute atomic E-state index is 4.14. The number of hydrogen-bond acceptors (Lipinski definition) is 2. The molecular formula is C24H21N3. The van der Waals surface area contributed by atoms with Gasteiger partial charge in [-0.2, -0.15) is 0 Å². The number of anilines is 1. The van der Waals surface area contributed by atoms with Crippen molar-refractivity contribution in [3.63, 3.8) is 0 Å². The molecule has 3 heteroatoms. The SMILES string of the molecule is c1ccc(-c2ccc(-c3ccc4c(c3)N(Cc3cnc[nH]3)CC4)cc2)cc1. The molecule has 3 aromatic carbocycles. The molecule has 0 bridgehead atoms. The van der Waals surface area contributed by atoms with Crippen LogP contribution < -0.4 is 4.90 Å². The molecule has 1 aromatic heterocycles. The number of nitrogens with zero attached hydrogens (tertiary/aromatic N) is 2. The van der Waals surface area contributed by atoms with E-state index in [1.54, 1.807) is 6.33 Å². The van der Waals surface area contributed by atoms with Crippen LogP contribution in [0.2, 0.25) is 0 Å². The lowest BCUT2D eigenvalue weighted by Crippen LogP contribution is -2.19. The number of fused-ring (bicyclic) bond motifs is 1. The van der Waals surface area contributed by atoms with Crippen LogP contribution in [0.5, 0.6) is 0 Å². The molecule has 5 rings (SSSR count). The molecule has 0 spiro atoms. The minimum Gasteiger partial charge on any atom is -0.365 e. The second kappa shape index (κ2) is 6.76. The highest BCUT2D eigenvalue weighted by Crippen LogP contribution is 2.34. The molecule has 0 saturated carbocycles. The van der Waals surface area contributed by atoms with Crippen molar-refractivity contribution in [2.45, 2.75) is 13.0 Å². The largest absolute Gasteiger partial charge is 0.365 e. The summed E-state index contributed by atoms with van der Waals surface area (Å²) in [5, 5.41) is 0. The normalized spacial score (nSPS) is 13.0. The molecule has 0 aliphatic carbocycles. The standard InChI is InChI=1S/C24H21N3/c1-2-4-18(5-3-1)19-6-8-20(9-7-19)22-11-10-21-12-13-27(24(21)14-22)16-23-15-25-17-26-23/h1-11,14-15,17H,12-13,16H2,(H,25,26). The molecule has 27 heavy (non-hydrogen) atoms. The van der Waals surface area contributed by atoms with Crippen molar-refractivity contribution in [2.75, 3.05) is 11.4 Å². The van der Waals surface area contributed by atoms with Crippen molar-refractivity contribution in [1.82, 2.24) is 9.97 Å². The highest BCUT2D eigenvalue weighted by atomic mass is 15.2. The Hall–Kier alpha value is -3.33. The maximum Gasteiger partial charge on any atom is 0.0922 e. The van der Waals surface area contributed by atoms with Crippen LogP contribution in [-0.4, -0.2) is 16.5 Å². The van der Waals surface area contributed by atoms with Crippen LogP contribution in [0, 0.1) is 0 Å². The molecule has 0 fully saturated rings. The lowest BCUT2D eigenvalue weighted by atomic mass is 9.99. The van der Waals surface area contributed by atoms with E-state index in [0.29, 0.717) is 0 Å². The van der Waals surface area contributed by atoms with Crippen LogP contribution in [-0.2, 0) is 13.0 Å². The van der Waals surface area contributed by atoms with Gasteiger partial charge in [-0.1, -0.05) is 66.7 Å². The van der Waals surface area contributed by atoms with E-state index in [2.05, 4.69) is 87.7 Å². The average molecular weight is 351 g/mol. The summed E-state index contributed by atoms with van der Waals surface area (Å²) in [6.45, 7) is 1.94. The second-order valence-electron chi connectivity index (χ2n) is 7.04. The molecule has 1 aliphatic rings. The first-order valence-electron chi connectivity index (χ1n) is 9.38. The van der Waals surface area contributed by atoms with Crippen molar-refractivity contribution in [1.29, 1.82) is 0 Å². The fraction of sp³-hybridized carbons (Fsp3) is 0.125. The van der Waals surface area contributed by atoms with E-state index in [0.717, 1.165) is 25.2 Å². The number of hydrogen-bond donors (Lipinski definition) is 1. The fourth-order valence-corrected chi connectivity index (χ4v) is 3.85. The number of nitrogens with one attached hydrogen (secondary N) is 1. The topological polar surface area (TPSA) is 31.9 Å². The highest BCUT2D eigenvalue weighted by molar-refractivity contribution is 5.74. The van der Waals surface area contributed by atoms with Crippen LogP contribution >= 0.6 is 0 Å². The molecule has 0 unspecified atom stereocenters. The van der Waals surface area contributed by atoms with Crippen LogP contribution in [0.1, 0.15) is 11.3 Å². The maximum atomic E-state index is 4.14. The molecule has 2 heterocycles. The Labute approximate surface area is 159 Å². The van der Waals surface area contributed by atoms with Gasteiger partial charge >= 0.3 is 0 Å². The van der Waals surface area contributed by atoms with Gasteiger partial charge in [-0.05, 0) is 40.3 Å². The molecular weight excluding hydrogens is 330 g/mol. The highest BCUT2D eigenvalue weighted by Gasteiger charge is 2.20. The molecule has 1 N–H and O–H groups in total. The zero-order valence-corrected chi connectivity index (χ0v) is 15.1. The average Bonchev–Trinajstić information content (AvgIpc) is 3.39. The molecule has 0 atom stereocenters. The van der Waals surface area contributed by atoms with Crippen molar-refractivity contribution in [2.24, 2.45) is 0 Å². The molecule has 0 saturated heterocycles. The van der Waals surface area contributed by atoms with Gasteiger partial charge in [0.05, 0.1) is 18.6 Å². The summed E-state index contributed by atoms with van der Waals surface area (Å²) in [6.07, 6.45) is 4.76. The van der Waals surface area contributed by atoms with Crippen LogP contribution in [0.15, 0.2) is 85.3 Å². The first-order valence-corrected chi connectivity index (χ1v) is 9.38. The zero-order valence-electron chi connectivity index (χ0n) is 15.1. The molecule has 0 radical (unpaired) electrons. The number of aromatic amines is 1. The number of H-pyrrole nitrogens is 1. The van der Waals surface area contributed by atoms with Gasteiger partial charge in [0.2, 0.25) is 0 Å². The smallest absolute Gasteiger partial charge is 0.0922 e. The Balaban J connectivity index is 1.43. The van der Waals surface area contributed by atoms with Crippen molar-refractivity contribution in [3.05, 3.63) is 96.6 Å². The summed E-state index contributed by atoms with van der Waals surface area (Å²) in [4.78, 5) is 9.78.